The van der Waals surface area contributed by atoms with E-state index < -0.39 is 34.7 Å². The number of nitriles is 1. The summed E-state index contributed by atoms with van der Waals surface area (Å²) in [7, 11) is 1.11. The number of nitrogens with zero attached hydrogens (tertiary/aromatic N) is 1. The Balaban J connectivity index is 2.13. The molecule has 1 spiro atoms. The highest BCUT2D eigenvalue weighted by Gasteiger charge is 2.60. The topological polar surface area (TPSA) is 132 Å². The third-order valence-corrected chi connectivity index (χ3v) is 5.10. The number of nitrogens with two attached hydrogens (primary N) is 1. The number of anilines is 1. The van der Waals surface area contributed by atoms with Crippen LogP contribution in [0.4, 0.5) is 5.69 Å². The molecule has 1 amide bonds. The van der Waals surface area contributed by atoms with E-state index in [1.54, 1.807) is 42.5 Å². The Kier molecular flexibility index (Phi) is 4.36. The van der Waals surface area contributed by atoms with Gasteiger partial charge in [-0.15, -0.1) is 0 Å². The molecule has 2 heterocycles. The fraction of sp³-hybridized carbons (Fsp3) is 0.0909. The van der Waals surface area contributed by atoms with Crippen molar-refractivity contribution in [3.63, 3.8) is 0 Å². The summed E-state index contributed by atoms with van der Waals surface area (Å²) in [5.41, 5.74) is 4.30. The molecule has 8 nitrogen and oxygen atoms in total. The quantitative estimate of drug-likeness (QED) is 0.593. The summed E-state index contributed by atoms with van der Waals surface area (Å²) in [5, 5.41) is 12.6. The number of esters is 1. The molecule has 0 saturated heterocycles. The van der Waals surface area contributed by atoms with E-state index in [4.69, 9.17) is 15.2 Å². The molecule has 0 aromatic heterocycles. The Hall–Kier alpha value is -4.38. The van der Waals surface area contributed by atoms with E-state index in [1.165, 1.54) is 12.1 Å². The predicted octanol–water partition coefficient (Wildman–Crippen LogP) is 1.91. The van der Waals surface area contributed by atoms with Gasteiger partial charge >= 0.3 is 5.97 Å². The van der Waals surface area contributed by atoms with E-state index in [0.717, 1.165) is 7.11 Å². The molecule has 30 heavy (non-hydrogen) atoms. The second-order valence-corrected chi connectivity index (χ2v) is 6.59. The van der Waals surface area contributed by atoms with E-state index in [2.05, 4.69) is 5.32 Å². The Morgan fingerprint density at radius 2 is 1.80 bits per heavy atom. The fourth-order valence-corrected chi connectivity index (χ4v) is 3.83. The maximum absolute atomic E-state index is 13.6. The van der Waals surface area contributed by atoms with Crippen molar-refractivity contribution in [3.8, 4) is 6.07 Å². The number of benzene rings is 2. The lowest BCUT2D eigenvalue weighted by molar-refractivity contribution is -0.139. The minimum atomic E-state index is -1.95. The average molecular weight is 401 g/mol. The van der Waals surface area contributed by atoms with Gasteiger partial charge in [0.15, 0.2) is 5.78 Å². The molecule has 148 valence electrons. The maximum atomic E-state index is 13.6. The van der Waals surface area contributed by atoms with Crippen LogP contribution >= 0.6 is 0 Å². The van der Waals surface area contributed by atoms with Crippen LogP contribution in [0.25, 0.3) is 0 Å². The highest BCUT2D eigenvalue weighted by atomic mass is 16.6. The summed E-state index contributed by atoms with van der Waals surface area (Å²) >= 11 is 0. The number of carbonyl (C=O) groups is 3. The molecule has 0 bridgehead atoms. The van der Waals surface area contributed by atoms with Gasteiger partial charge in [0.2, 0.25) is 17.5 Å². The zero-order chi connectivity index (χ0) is 21.5. The molecule has 0 saturated carbocycles. The van der Waals surface area contributed by atoms with Crippen molar-refractivity contribution in [1.29, 1.82) is 5.26 Å². The monoisotopic (exact) mass is 401 g/mol. The summed E-state index contributed by atoms with van der Waals surface area (Å²) in [5.74, 6) is -3.33. The van der Waals surface area contributed by atoms with E-state index in [-0.39, 0.29) is 16.7 Å². The lowest BCUT2D eigenvalue weighted by atomic mass is 9.66. The number of nitrogens with one attached hydrogen (secondary N) is 1. The first-order valence-electron chi connectivity index (χ1n) is 8.88. The number of rotatable bonds is 3. The maximum Gasteiger partial charge on any atom is 0.374 e. The lowest BCUT2D eigenvalue weighted by Crippen LogP contribution is -2.46. The summed E-state index contributed by atoms with van der Waals surface area (Å²) in [4.78, 5) is 39.6. The molecule has 2 aliphatic rings. The number of hydrogen-bond donors (Lipinski definition) is 2. The molecule has 4 rings (SSSR count). The van der Waals surface area contributed by atoms with E-state index in [0.29, 0.717) is 11.3 Å². The number of para-hydroxylation sites is 1. The number of methoxy groups -OCH3 is 1. The molecule has 0 unspecified atom stereocenters. The van der Waals surface area contributed by atoms with Gasteiger partial charge in [-0.3, -0.25) is 9.59 Å². The van der Waals surface area contributed by atoms with Crippen molar-refractivity contribution < 1.29 is 23.9 Å². The van der Waals surface area contributed by atoms with Gasteiger partial charge in [0.1, 0.15) is 17.1 Å². The van der Waals surface area contributed by atoms with Crippen molar-refractivity contribution in [2.45, 2.75) is 5.41 Å². The van der Waals surface area contributed by atoms with Gasteiger partial charge < -0.3 is 20.5 Å². The van der Waals surface area contributed by atoms with Gasteiger partial charge in [0, 0.05) is 16.8 Å². The molecule has 2 aromatic carbocycles. The smallest absolute Gasteiger partial charge is 0.374 e. The molecule has 2 aromatic rings. The standard InChI is InChI=1S/C22H15N3O5/c1-29-20(27)18-16(17(26)12-7-3-2-4-8-12)22(14(11-23)19(24)30-18)13-9-5-6-10-15(13)25-21(22)28/h2-10H,24H2,1H3,(H,25,28)/t22-/m1/s1. The molecule has 2 aliphatic heterocycles. The molecule has 1 atom stereocenters. The van der Waals surface area contributed by atoms with Crippen LogP contribution in [-0.2, 0) is 24.5 Å². The SMILES string of the molecule is COC(=O)C1=C(C(=O)c2ccccc2)[C@]2(C(=O)Nc3ccccc32)C(C#N)=C(N)O1. The van der Waals surface area contributed by atoms with Crippen LogP contribution in [0.5, 0.6) is 0 Å². The van der Waals surface area contributed by atoms with Crippen LogP contribution in [-0.4, -0.2) is 24.8 Å². The fourth-order valence-electron chi connectivity index (χ4n) is 3.83. The summed E-state index contributed by atoms with van der Waals surface area (Å²) in [6.45, 7) is 0. The van der Waals surface area contributed by atoms with Crippen molar-refractivity contribution in [2.24, 2.45) is 5.73 Å². The Labute approximate surface area is 171 Å². The first-order valence-corrected chi connectivity index (χ1v) is 8.88. The summed E-state index contributed by atoms with van der Waals surface area (Å²) in [6, 6.07) is 16.5. The first kappa shape index (κ1) is 19.0. The molecule has 0 aliphatic carbocycles. The lowest BCUT2D eigenvalue weighted by Gasteiger charge is -2.34. The predicted molar refractivity (Wildman–Crippen MR) is 104 cm³/mol. The number of carbonyl (C=O) groups excluding carboxylic acids is 3. The number of fused-ring (bicyclic) bond motifs is 2. The number of amides is 1. The highest BCUT2D eigenvalue weighted by Crippen LogP contribution is 2.52. The summed E-state index contributed by atoms with van der Waals surface area (Å²) < 4.78 is 10.2. The largest absolute Gasteiger partial charge is 0.463 e. The Morgan fingerprint density at radius 1 is 1.13 bits per heavy atom. The van der Waals surface area contributed by atoms with Crippen LogP contribution in [0, 0.1) is 11.3 Å². The molecule has 8 heteroatoms. The Bertz CT molecular complexity index is 1210. The average Bonchev–Trinajstić information content (AvgIpc) is 3.05. The number of hydrogen-bond acceptors (Lipinski definition) is 7. The van der Waals surface area contributed by atoms with E-state index in [9.17, 15) is 19.6 Å². The van der Waals surface area contributed by atoms with Crippen LogP contribution in [0.15, 0.2) is 77.4 Å². The Morgan fingerprint density at radius 3 is 2.47 bits per heavy atom. The molecular formula is C22H15N3O5. The minimum Gasteiger partial charge on any atom is -0.463 e. The van der Waals surface area contributed by atoms with Crippen LogP contribution in [0.3, 0.4) is 0 Å². The second kappa shape index (κ2) is 6.90. The third-order valence-electron chi connectivity index (χ3n) is 5.10. The van der Waals surface area contributed by atoms with Gasteiger partial charge in [-0.05, 0) is 6.07 Å². The minimum absolute atomic E-state index is 0.201. The summed E-state index contributed by atoms with van der Waals surface area (Å²) in [6.07, 6.45) is 0. The van der Waals surface area contributed by atoms with Gasteiger partial charge in [0.05, 0.1) is 12.7 Å². The van der Waals surface area contributed by atoms with Crippen molar-refractivity contribution in [2.75, 3.05) is 12.4 Å². The second-order valence-electron chi connectivity index (χ2n) is 6.59. The zero-order valence-corrected chi connectivity index (χ0v) is 15.8. The molecular weight excluding hydrogens is 386 g/mol. The molecule has 0 fully saturated rings. The van der Waals surface area contributed by atoms with E-state index in [1.807, 2.05) is 6.07 Å². The normalized spacial score (nSPS) is 19.7. The molecule has 0 radical (unpaired) electrons. The number of Topliss-reactive ketones (excluding diaryl/α,β-unsaturated/α-hetero) is 1. The third kappa shape index (κ3) is 2.42. The van der Waals surface area contributed by atoms with Crippen LogP contribution < -0.4 is 11.1 Å². The van der Waals surface area contributed by atoms with Crippen molar-refractivity contribution >= 4 is 23.3 Å². The van der Waals surface area contributed by atoms with Gasteiger partial charge in [-0.1, -0.05) is 48.5 Å². The van der Waals surface area contributed by atoms with Gasteiger partial charge in [-0.2, -0.15) is 5.26 Å². The van der Waals surface area contributed by atoms with Gasteiger partial charge in [-0.25, -0.2) is 4.79 Å². The van der Waals surface area contributed by atoms with Crippen molar-refractivity contribution in [1.82, 2.24) is 0 Å². The van der Waals surface area contributed by atoms with Gasteiger partial charge in [0.25, 0.3) is 0 Å². The van der Waals surface area contributed by atoms with Crippen LogP contribution in [0.2, 0.25) is 0 Å². The van der Waals surface area contributed by atoms with E-state index >= 15 is 0 Å². The number of ether oxygens (including phenoxy) is 2. The number of ketones is 1. The first-order chi connectivity index (χ1) is 14.5. The zero-order valence-electron chi connectivity index (χ0n) is 15.8. The highest BCUT2D eigenvalue weighted by molar-refractivity contribution is 6.24. The van der Waals surface area contributed by atoms with Crippen LogP contribution in [0.1, 0.15) is 15.9 Å². The van der Waals surface area contributed by atoms with Crippen molar-refractivity contribution in [3.05, 3.63) is 88.5 Å². The molecule has 3 N–H and O–H groups in total.